The Morgan fingerprint density at radius 1 is 1.46 bits per heavy atom. The number of nitrogens with one attached hydrogen (secondary N) is 1. The molecule has 4 rings (SSSR count). The van der Waals surface area contributed by atoms with Gasteiger partial charge in [0.05, 0.1) is 11.4 Å². The molecular weight excluding hydrogens is 342 g/mol. The van der Waals surface area contributed by atoms with Gasteiger partial charge < -0.3 is 10.7 Å². The van der Waals surface area contributed by atoms with Crippen LogP contribution in [-0.2, 0) is 11.2 Å². The minimum Gasteiger partial charge on any atom is -0.361 e. The minimum absolute atomic E-state index is 0.267. The Hall–Kier alpha value is -1.30. The molecule has 0 spiro atoms. The van der Waals surface area contributed by atoms with Gasteiger partial charge in [0.1, 0.15) is 5.78 Å². The van der Waals surface area contributed by atoms with Crippen LogP contribution in [0.15, 0.2) is 24.4 Å². The molecule has 1 aromatic carbocycles. The average molecular weight is 372 g/mol. The number of aromatic amines is 1. The predicted octanol–water partition coefficient (Wildman–Crippen LogP) is 3.52. The van der Waals surface area contributed by atoms with Crippen LogP contribution in [0.2, 0.25) is 0 Å². The van der Waals surface area contributed by atoms with Crippen LogP contribution in [0.25, 0.3) is 10.9 Å². The highest BCUT2D eigenvalue weighted by Gasteiger charge is 2.49. The first kappa shape index (κ1) is 18.1. The molecule has 1 aromatic heterocycles. The number of nitrogens with two attached hydrogens (primary N) is 1. The number of H-pyrrole nitrogens is 1. The molecule has 2 aromatic rings. The highest BCUT2D eigenvalue weighted by Crippen LogP contribution is 2.48. The van der Waals surface area contributed by atoms with Crippen molar-refractivity contribution in [2.45, 2.75) is 44.7 Å². The van der Waals surface area contributed by atoms with Crippen molar-refractivity contribution in [1.29, 1.82) is 0 Å². The predicted molar refractivity (Wildman–Crippen MR) is 110 cm³/mol. The van der Waals surface area contributed by atoms with E-state index in [1.165, 1.54) is 22.0 Å². The molecule has 1 saturated heterocycles. The van der Waals surface area contributed by atoms with E-state index in [0.717, 1.165) is 38.1 Å². The third-order valence-corrected chi connectivity index (χ3v) is 7.38. The van der Waals surface area contributed by atoms with Crippen LogP contribution in [0.1, 0.15) is 43.7 Å². The number of carbonyl (C=O) groups is 1. The van der Waals surface area contributed by atoms with E-state index in [4.69, 9.17) is 5.73 Å². The summed E-state index contributed by atoms with van der Waals surface area (Å²) in [5, 5.41) is 1.40. The van der Waals surface area contributed by atoms with Gasteiger partial charge in [-0.05, 0) is 55.2 Å². The normalized spacial score (nSPS) is 28.3. The lowest BCUT2D eigenvalue weighted by Crippen LogP contribution is -2.66. The number of hydrogen-bond donors (Lipinski definition) is 2. The highest BCUT2D eigenvalue weighted by atomic mass is 32.2. The number of fused-ring (bicyclic) bond motifs is 2. The number of nitrogens with zero attached hydrogens (tertiary/aromatic N) is 1. The molecule has 1 aliphatic carbocycles. The molecule has 0 saturated carbocycles. The molecule has 0 unspecified atom stereocenters. The summed E-state index contributed by atoms with van der Waals surface area (Å²) in [6.07, 6.45) is 5.30. The molecule has 2 aliphatic rings. The van der Waals surface area contributed by atoms with E-state index in [9.17, 15) is 4.79 Å². The molecule has 3 N–H and O–H groups in total. The number of Topliss-reactive ketones (excluding diaryl/α,β-unsaturated/α-hetero) is 1. The Morgan fingerprint density at radius 3 is 3.08 bits per heavy atom. The molecular formula is C21H29N3OS. The summed E-state index contributed by atoms with van der Waals surface area (Å²) >= 11 is 1.78. The van der Waals surface area contributed by atoms with Gasteiger partial charge >= 0.3 is 0 Å². The maximum absolute atomic E-state index is 11.3. The lowest BCUT2D eigenvalue weighted by Gasteiger charge is -2.54. The Kier molecular flexibility index (Phi) is 4.88. The smallest absolute Gasteiger partial charge is 0.139 e. The van der Waals surface area contributed by atoms with Crippen molar-refractivity contribution in [3.8, 4) is 0 Å². The van der Waals surface area contributed by atoms with Crippen LogP contribution in [-0.4, -0.2) is 45.9 Å². The second kappa shape index (κ2) is 7.02. The molecule has 0 radical (unpaired) electrons. The first-order valence-corrected chi connectivity index (χ1v) is 10.9. The van der Waals surface area contributed by atoms with E-state index in [0.29, 0.717) is 17.6 Å². The zero-order valence-corrected chi connectivity index (χ0v) is 16.6. The molecule has 2 heterocycles. The van der Waals surface area contributed by atoms with Gasteiger partial charge in [-0.3, -0.25) is 9.69 Å². The van der Waals surface area contributed by atoms with E-state index >= 15 is 0 Å². The summed E-state index contributed by atoms with van der Waals surface area (Å²) in [5.41, 5.74) is 10.8. The number of hydrogen-bond acceptors (Lipinski definition) is 4. The van der Waals surface area contributed by atoms with Crippen LogP contribution in [0, 0.1) is 5.92 Å². The summed E-state index contributed by atoms with van der Waals surface area (Å²) in [7, 11) is 0. The summed E-state index contributed by atoms with van der Waals surface area (Å²) in [5.74, 6) is 2.88. The minimum atomic E-state index is -0.290. The molecule has 5 heteroatoms. The Morgan fingerprint density at radius 2 is 2.31 bits per heavy atom. The van der Waals surface area contributed by atoms with E-state index < -0.39 is 0 Å². The van der Waals surface area contributed by atoms with Crippen molar-refractivity contribution >= 4 is 28.4 Å². The fourth-order valence-electron chi connectivity index (χ4n) is 5.03. The quantitative estimate of drug-likeness (QED) is 0.816. The Labute approximate surface area is 159 Å². The van der Waals surface area contributed by atoms with Gasteiger partial charge in [0.25, 0.3) is 0 Å². The van der Waals surface area contributed by atoms with E-state index in [1.807, 2.05) is 0 Å². The van der Waals surface area contributed by atoms with E-state index in [1.54, 1.807) is 18.7 Å². The molecule has 0 bridgehead atoms. The van der Waals surface area contributed by atoms with E-state index in [-0.39, 0.29) is 11.4 Å². The Balaban J connectivity index is 1.67. The van der Waals surface area contributed by atoms with Crippen LogP contribution in [0.4, 0.5) is 0 Å². The van der Waals surface area contributed by atoms with Crippen LogP contribution in [0.5, 0.6) is 0 Å². The van der Waals surface area contributed by atoms with Gasteiger partial charge in [0.2, 0.25) is 0 Å². The molecule has 0 amide bonds. The number of thioether (sulfide) groups is 1. The lowest BCUT2D eigenvalue weighted by atomic mass is 9.68. The number of piperidine rings is 1. The topological polar surface area (TPSA) is 62.1 Å². The Bertz CT molecular complexity index is 817. The molecule has 4 nitrogen and oxygen atoms in total. The zero-order chi connectivity index (χ0) is 18.3. The molecule has 1 aliphatic heterocycles. The third kappa shape index (κ3) is 3.00. The van der Waals surface area contributed by atoms with Crippen LogP contribution in [0.3, 0.4) is 0 Å². The number of carbonyl (C=O) groups excluding carboxylic acids is 1. The second-order valence-electron chi connectivity index (χ2n) is 8.07. The van der Waals surface area contributed by atoms with Crippen molar-refractivity contribution in [1.82, 2.24) is 9.88 Å². The molecule has 140 valence electrons. The molecule has 3 atom stereocenters. The third-order valence-electron chi connectivity index (χ3n) is 6.06. The van der Waals surface area contributed by atoms with Gasteiger partial charge in [-0.25, -0.2) is 0 Å². The SMILES string of the molecule is CCCN1C[C@H](CSCC(C)=O)C[C@@H]2c3cccc4[nH]cc(c34)C[C@]21N. The summed E-state index contributed by atoms with van der Waals surface area (Å²) in [6.45, 7) is 5.99. The monoisotopic (exact) mass is 371 g/mol. The van der Waals surface area contributed by atoms with Crippen molar-refractivity contribution in [2.24, 2.45) is 11.7 Å². The fourth-order valence-corrected chi connectivity index (χ4v) is 6.01. The van der Waals surface area contributed by atoms with Gasteiger partial charge in [-0.1, -0.05) is 19.1 Å². The van der Waals surface area contributed by atoms with Gasteiger partial charge in [0.15, 0.2) is 0 Å². The fraction of sp³-hybridized carbons (Fsp3) is 0.571. The molecule has 26 heavy (non-hydrogen) atoms. The number of ketones is 1. The number of likely N-dealkylation sites (tertiary alicyclic amines) is 1. The van der Waals surface area contributed by atoms with Crippen molar-refractivity contribution < 1.29 is 4.79 Å². The standard InChI is InChI=1S/C21H29N3OS/c1-3-7-24-11-15(13-26-12-14(2)25)8-18-17-5-4-6-19-20(17)16(10-23-19)9-21(18,24)22/h4-6,10,15,18,23H,3,7-9,11-13,22H2,1-2H3/t15-,18-,21-/m1/s1. The van der Waals surface area contributed by atoms with Gasteiger partial charge in [0, 0.05) is 36.0 Å². The molecule has 1 fully saturated rings. The maximum Gasteiger partial charge on any atom is 0.139 e. The highest BCUT2D eigenvalue weighted by molar-refractivity contribution is 7.99. The first-order valence-electron chi connectivity index (χ1n) is 9.73. The number of rotatable bonds is 6. The van der Waals surface area contributed by atoms with Gasteiger partial charge in [-0.2, -0.15) is 11.8 Å². The lowest BCUT2D eigenvalue weighted by molar-refractivity contribution is -0.114. The summed E-state index contributed by atoms with van der Waals surface area (Å²) < 4.78 is 0. The number of aromatic nitrogens is 1. The van der Waals surface area contributed by atoms with Crippen LogP contribution >= 0.6 is 11.8 Å². The maximum atomic E-state index is 11.3. The average Bonchev–Trinajstić information content (AvgIpc) is 3.00. The first-order chi connectivity index (χ1) is 12.5. The van der Waals surface area contributed by atoms with Crippen molar-refractivity contribution in [3.05, 3.63) is 35.5 Å². The second-order valence-corrected chi connectivity index (χ2v) is 9.10. The van der Waals surface area contributed by atoms with Crippen molar-refractivity contribution in [3.63, 3.8) is 0 Å². The number of benzene rings is 1. The van der Waals surface area contributed by atoms with Crippen molar-refractivity contribution in [2.75, 3.05) is 24.6 Å². The van der Waals surface area contributed by atoms with E-state index in [2.05, 4.69) is 41.2 Å². The largest absolute Gasteiger partial charge is 0.361 e. The van der Waals surface area contributed by atoms with Crippen LogP contribution < -0.4 is 5.73 Å². The summed E-state index contributed by atoms with van der Waals surface area (Å²) in [4.78, 5) is 17.3. The zero-order valence-electron chi connectivity index (χ0n) is 15.8. The summed E-state index contributed by atoms with van der Waals surface area (Å²) in [6, 6.07) is 6.60. The van der Waals surface area contributed by atoms with Gasteiger partial charge in [-0.15, -0.1) is 0 Å².